The number of halogens is 5. The summed E-state index contributed by atoms with van der Waals surface area (Å²) < 4.78 is 54.4. The van der Waals surface area contributed by atoms with Crippen molar-refractivity contribution in [3.8, 4) is 6.07 Å². The third-order valence-electron chi connectivity index (χ3n) is 7.69. The quantitative estimate of drug-likeness (QED) is 0.500. The Kier molecular flexibility index (Phi) is 6.99. The van der Waals surface area contributed by atoms with E-state index in [9.17, 15) is 37.2 Å². The molecule has 4 rings (SSSR count). The van der Waals surface area contributed by atoms with E-state index < -0.39 is 53.3 Å². The second kappa shape index (κ2) is 9.46. The van der Waals surface area contributed by atoms with Gasteiger partial charge in [0.15, 0.2) is 0 Å². The lowest BCUT2D eigenvalue weighted by atomic mass is 9.85. The second-order valence-electron chi connectivity index (χ2n) is 11.6. The number of alkyl halides is 3. The highest BCUT2D eigenvalue weighted by atomic mass is 79.9. The zero-order chi connectivity index (χ0) is 29.2. The van der Waals surface area contributed by atoms with Crippen LogP contribution in [0.4, 0.5) is 17.6 Å². The van der Waals surface area contributed by atoms with Crippen LogP contribution in [0.15, 0.2) is 22.9 Å². The van der Waals surface area contributed by atoms with Gasteiger partial charge in [0.05, 0.1) is 24.0 Å². The highest BCUT2D eigenvalue weighted by molar-refractivity contribution is 9.10. The maximum absolute atomic E-state index is 13.8. The number of nitrogens with one attached hydrogen (secondary N) is 2. The van der Waals surface area contributed by atoms with Crippen LogP contribution in [0.25, 0.3) is 5.52 Å². The van der Waals surface area contributed by atoms with Crippen molar-refractivity contribution in [2.75, 3.05) is 6.54 Å². The first-order valence-electron chi connectivity index (χ1n) is 12.1. The molecule has 5 atom stereocenters. The molecule has 2 N–H and O–H groups in total. The predicted octanol–water partition coefficient (Wildman–Crippen LogP) is 3.49. The van der Waals surface area contributed by atoms with E-state index >= 15 is 0 Å². The minimum absolute atomic E-state index is 0.0919. The monoisotopic (exact) mass is 614 g/mol. The summed E-state index contributed by atoms with van der Waals surface area (Å²) in [6.45, 7) is 8.51. The van der Waals surface area contributed by atoms with Crippen molar-refractivity contribution in [1.29, 1.82) is 5.26 Å². The van der Waals surface area contributed by atoms with E-state index in [-0.39, 0.29) is 29.4 Å². The van der Waals surface area contributed by atoms with Crippen molar-refractivity contribution in [2.24, 2.45) is 22.7 Å². The minimum Gasteiger partial charge on any atom is -0.336 e. The van der Waals surface area contributed by atoms with Gasteiger partial charge in [-0.3, -0.25) is 14.4 Å². The lowest BCUT2D eigenvalue weighted by molar-refractivity contribution is -0.176. The third-order valence-corrected chi connectivity index (χ3v) is 8.30. The zero-order valence-corrected chi connectivity index (χ0v) is 23.3. The number of hydrogen-bond acceptors (Lipinski definition) is 5. The van der Waals surface area contributed by atoms with Gasteiger partial charge in [-0.2, -0.15) is 23.5 Å². The van der Waals surface area contributed by atoms with Gasteiger partial charge in [0, 0.05) is 16.6 Å². The van der Waals surface area contributed by atoms with Gasteiger partial charge >= 0.3 is 12.1 Å². The fourth-order valence-electron chi connectivity index (χ4n) is 5.52. The number of aromatic nitrogens is 2. The molecule has 2 fully saturated rings. The molecule has 0 spiro atoms. The average Bonchev–Trinajstić information content (AvgIpc) is 3.18. The first kappa shape index (κ1) is 28.8. The topological polar surface area (TPSA) is 120 Å². The molecule has 1 saturated heterocycles. The second-order valence-corrected chi connectivity index (χ2v) is 12.5. The molecule has 1 aliphatic carbocycles. The number of piperidine rings is 1. The molecular weight excluding hydrogens is 588 g/mol. The molecule has 14 heteroatoms. The van der Waals surface area contributed by atoms with Crippen LogP contribution in [-0.4, -0.2) is 57.0 Å². The Morgan fingerprint density at radius 3 is 2.44 bits per heavy atom. The maximum atomic E-state index is 13.8. The van der Waals surface area contributed by atoms with Crippen molar-refractivity contribution < 1.29 is 31.9 Å². The SMILES string of the molecule is CC(C)(C)[C@H](NC(=O)C(F)(F)F)C(=O)N1C[C@H]2[C@@H]([C@H]1C(=O)NC(C#N)c1cnn3cc(F)cc(Br)c13)C2(C)C. The van der Waals surface area contributed by atoms with Gasteiger partial charge in [-0.1, -0.05) is 34.6 Å². The first-order valence-corrected chi connectivity index (χ1v) is 12.9. The summed E-state index contributed by atoms with van der Waals surface area (Å²) in [7, 11) is 0. The first-order chi connectivity index (χ1) is 17.9. The van der Waals surface area contributed by atoms with Gasteiger partial charge < -0.3 is 15.5 Å². The molecule has 9 nitrogen and oxygen atoms in total. The van der Waals surface area contributed by atoms with E-state index in [2.05, 4.69) is 26.3 Å². The molecule has 0 radical (unpaired) electrons. The Hall–Kier alpha value is -3.21. The summed E-state index contributed by atoms with van der Waals surface area (Å²) in [6.07, 6.45) is -2.77. The molecule has 3 heterocycles. The van der Waals surface area contributed by atoms with Crippen molar-refractivity contribution in [3.05, 3.63) is 34.3 Å². The van der Waals surface area contributed by atoms with Gasteiger partial charge in [0.1, 0.15) is 23.9 Å². The maximum Gasteiger partial charge on any atom is 0.471 e. The zero-order valence-electron chi connectivity index (χ0n) is 21.7. The van der Waals surface area contributed by atoms with E-state index in [0.29, 0.717) is 9.99 Å². The number of carbonyl (C=O) groups excluding carboxylic acids is 3. The van der Waals surface area contributed by atoms with Crippen LogP contribution >= 0.6 is 15.9 Å². The predicted molar refractivity (Wildman–Crippen MR) is 133 cm³/mol. The molecule has 2 aromatic heterocycles. The molecule has 39 heavy (non-hydrogen) atoms. The number of likely N-dealkylation sites (tertiary alicyclic amines) is 1. The van der Waals surface area contributed by atoms with Crippen molar-refractivity contribution in [2.45, 2.75) is 58.9 Å². The molecule has 210 valence electrons. The summed E-state index contributed by atoms with van der Waals surface area (Å²) in [5.41, 5.74) is -0.784. The van der Waals surface area contributed by atoms with E-state index in [1.54, 1.807) is 5.32 Å². The summed E-state index contributed by atoms with van der Waals surface area (Å²) in [5.74, 6) is -4.70. The Labute approximate surface area is 230 Å². The van der Waals surface area contributed by atoms with Gasteiger partial charge in [0.25, 0.3) is 0 Å². The number of nitriles is 1. The highest BCUT2D eigenvalue weighted by Gasteiger charge is 2.70. The normalized spacial score (nSPS) is 23.5. The minimum atomic E-state index is -5.19. The summed E-state index contributed by atoms with van der Waals surface area (Å²) in [6, 6.07) is -0.681. The average molecular weight is 615 g/mol. The molecule has 0 bridgehead atoms. The Morgan fingerprint density at radius 2 is 1.87 bits per heavy atom. The van der Waals surface area contributed by atoms with Crippen molar-refractivity contribution >= 4 is 39.2 Å². The fourth-order valence-corrected chi connectivity index (χ4v) is 6.15. The molecular formula is C25H27BrF4N6O3. The van der Waals surface area contributed by atoms with Crippen LogP contribution < -0.4 is 10.6 Å². The summed E-state index contributed by atoms with van der Waals surface area (Å²) in [4.78, 5) is 40.2. The van der Waals surface area contributed by atoms with E-state index in [4.69, 9.17) is 0 Å². The number of rotatable bonds is 5. The van der Waals surface area contributed by atoms with E-state index in [1.165, 1.54) is 42.4 Å². The fraction of sp³-hybridized carbons (Fsp3) is 0.560. The molecule has 2 aliphatic rings. The van der Waals surface area contributed by atoms with Crippen molar-refractivity contribution in [1.82, 2.24) is 25.1 Å². The number of pyridine rings is 1. The van der Waals surface area contributed by atoms with Crippen LogP contribution in [-0.2, 0) is 14.4 Å². The number of fused-ring (bicyclic) bond motifs is 2. The largest absolute Gasteiger partial charge is 0.471 e. The number of hydrogen-bond donors (Lipinski definition) is 2. The highest BCUT2D eigenvalue weighted by Crippen LogP contribution is 2.65. The number of amides is 3. The van der Waals surface area contributed by atoms with Crippen LogP contribution in [0.2, 0.25) is 0 Å². The summed E-state index contributed by atoms with van der Waals surface area (Å²) >= 11 is 3.24. The lowest BCUT2D eigenvalue weighted by Gasteiger charge is -2.37. The number of carbonyl (C=O) groups is 3. The third kappa shape index (κ3) is 5.08. The Bertz CT molecular complexity index is 1390. The Morgan fingerprint density at radius 1 is 1.23 bits per heavy atom. The molecule has 2 aromatic rings. The van der Waals surface area contributed by atoms with Gasteiger partial charge in [-0.05, 0) is 44.7 Å². The standard InChI is InChI=1S/C25H27BrF4N6O3/c1-23(2,3)19(34-22(39)25(28,29)30)21(38)35-10-13-16(24(13,4)5)18(35)20(37)33-15(7-31)12-8-32-36-9-11(27)6-14(26)17(12)36/h6,8-9,13,15-16,18-19H,10H2,1-5H3,(H,33,37)(H,34,39)/t13-,15?,16-,18-,19+/m0/s1. The van der Waals surface area contributed by atoms with Gasteiger partial charge in [-0.15, -0.1) is 0 Å². The molecule has 3 amide bonds. The van der Waals surface area contributed by atoms with Crippen LogP contribution in [0.5, 0.6) is 0 Å². The van der Waals surface area contributed by atoms with E-state index in [1.807, 2.05) is 19.9 Å². The molecule has 1 aliphatic heterocycles. The van der Waals surface area contributed by atoms with Gasteiger partial charge in [0.2, 0.25) is 11.8 Å². The number of nitrogens with zero attached hydrogens (tertiary/aromatic N) is 4. The van der Waals surface area contributed by atoms with E-state index in [0.717, 1.165) is 6.20 Å². The lowest BCUT2D eigenvalue weighted by Crippen LogP contribution is -2.60. The van der Waals surface area contributed by atoms with Crippen LogP contribution in [0.1, 0.15) is 46.2 Å². The molecule has 0 aromatic carbocycles. The van der Waals surface area contributed by atoms with Gasteiger partial charge in [-0.25, -0.2) is 8.91 Å². The smallest absolute Gasteiger partial charge is 0.336 e. The summed E-state index contributed by atoms with van der Waals surface area (Å²) in [5, 5.41) is 18.4. The van der Waals surface area contributed by atoms with Crippen LogP contribution in [0, 0.1) is 39.8 Å². The molecule has 1 unspecified atom stereocenters. The van der Waals surface area contributed by atoms with Crippen molar-refractivity contribution in [3.63, 3.8) is 0 Å². The van der Waals surface area contributed by atoms with Crippen LogP contribution in [0.3, 0.4) is 0 Å². The molecule has 1 saturated carbocycles. The Balaban J connectivity index is 1.64.